The van der Waals surface area contributed by atoms with Crippen molar-refractivity contribution in [1.82, 2.24) is 5.32 Å². The van der Waals surface area contributed by atoms with E-state index < -0.39 is 131 Å². The van der Waals surface area contributed by atoms with Crippen molar-refractivity contribution in [3.8, 4) is 0 Å². The Morgan fingerprint density at radius 2 is 0.875 bits per heavy atom. The molecule has 3 fully saturated rings. The molecule has 80 heavy (non-hydrogen) atoms. The molecule has 0 bridgehead atoms. The van der Waals surface area contributed by atoms with E-state index in [2.05, 4.69) is 104 Å². The molecule has 458 valence electrons. The molecule has 19 heteroatoms. The topological polar surface area (TPSA) is 307 Å². The zero-order valence-electron chi connectivity index (χ0n) is 47.5. The third-order valence-corrected chi connectivity index (χ3v) is 14.1. The number of carbonyl (C=O) groups excluding carboxylic acids is 1. The van der Waals surface area contributed by atoms with E-state index in [1.807, 2.05) is 6.08 Å². The minimum absolute atomic E-state index is 0.187. The van der Waals surface area contributed by atoms with E-state index in [0.717, 1.165) is 77.0 Å². The van der Waals surface area contributed by atoms with Crippen LogP contribution in [0.15, 0.2) is 97.2 Å². The summed E-state index contributed by atoms with van der Waals surface area (Å²) in [5.41, 5.74) is 0. The van der Waals surface area contributed by atoms with Crippen LogP contribution in [0.5, 0.6) is 0 Å². The van der Waals surface area contributed by atoms with Gasteiger partial charge < -0.3 is 89.9 Å². The average molecular weight is 1140 g/mol. The van der Waals surface area contributed by atoms with Gasteiger partial charge >= 0.3 is 0 Å². The second-order valence-corrected chi connectivity index (χ2v) is 20.7. The summed E-state index contributed by atoms with van der Waals surface area (Å²) in [7, 11) is 0. The van der Waals surface area contributed by atoms with Crippen molar-refractivity contribution in [2.75, 3.05) is 26.4 Å². The van der Waals surface area contributed by atoms with Crippen LogP contribution in [0.4, 0.5) is 0 Å². The predicted molar refractivity (Wildman–Crippen MR) is 304 cm³/mol. The highest BCUT2D eigenvalue weighted by Crippen LogP contribution is 2.33. The van der Waals surface area contributed by atoms with E-state index >= 15 is 0 Å². The Balaban J connectivity index is 1.55. The molecular formula is C61H101NO18. The van der Waals surface area contributed by atoms with Gasteiger partial charge in [0.05, 0.1) is 38.6 Å². The van der Waals surface area contributed by atoms with Crippen molar-refractivity contribution in [1.29, 1.82) is 0 Å². The fourth-order valence-corrected chi connectivity index (χ4v) is 9.25. The lowest BCUT2D eigenvalue weighted by Crippen LogP contribution is -2.66. The summed E-state index contributed by atoms with van der Waals surface area (Å²) in [4.78, 5) is 13.3. The SMILES string of the molecule is CC/C=C\C/C=C\C/C=C\C/C=C\C/C=C\CCCCCC(=O)NC(COC1OC(CO)C(OC2OC(CO)C(OC3OC(CO)C(O)C(O)C3O)C(O)C2O)C(O)C1O)C(O)/C=C/CC/C=C/CC/C=C/CCCCCCCC. The van der Waals surface area contributed by atoms with Gasteiger partial charge in [0.15, 0.2) is 18.9 Å². The van der Waals surface area contributed by atoms with Crippen molar-refractivity contribution in [2.24, 2.45) is 0 Å². The molecule has 17 unspecified atom stereocenters. The third kappa shape index (κ3) is 27.0. The number of allylic oxidation sites excluding steroid dienone is 15. The molecule has 0 radical (unpaired) electrons. The van der Waals surface area contributed by atoms with E-state index in [0.29, 0.717) is 12.8 Å². The van der Waals surface area contributed by atoms with Gasteiger partial charge in [-0.15, -0.1) is 0 Å². The van der Waals surface area contributed by atoms with Crippen molar-refractivity contribution in [2.45, 2.75) is 253 Å². The van der Waals surface area contributed by atoms with Gasteiger partial charge in [-0.05, 0) is 89.9 Å². The highest BCUT2D eigenvalue weighted by Gasteiger charge is 2.53. The molecule has 0 aromatic rings. The second-order valence-electron chi connectivity index (χ2n) is 20.7. The number of unbranched alkanes of at least 4 members (excludes halogenated alkanes) is 11. The standard InChI is InChI=1S/C61H101NO18/c1-3-5-7-9-11-13-15-17-19-21-22-23-25-27-29-31-33-35-37-39-49(67)62-44(45(66)38-36-34-32-30-28-26-24-20-18-16-14-12-10-8-6-4-2)43-75-59-55(73)52(70)57(47(41-64)77-59)80-61-56(74)53(71)58(48(42-65)78-61)79-60-54(72)51(69)50(68)46(40-63)76-60/h5,7,11,13,17-20,22-23,27-30,36,38,44-48,50-61,63-66,68-74H,3-4,6,8-10,12,14-16,21,24-26,31-35,37,39-43H2,1-2H3,(H,62,67)/b7-5-,13-11-,19-17-,20-18+,23-22-,29-27-,30-28+,38-36+. The zero-order chi connectivity index (χ0) is 58.3. The molecule has 3 heterocycles. The normalized spacial score (nSPS) is 30.7. The Morgan fingerprint density at radius 3 is 1.40 bits per heavy atom. The van der Waals surface area contributed by atoms with Crippen LogP contribution in [0.25, 0.3) is 0 Å². The fourth-order valence-electron chi connectivity index (χ4n) is 9.25. The number of hydrogen-bond donors (Lipinski definition) is 12. The van der Waals surface area contributed by atoms with Gasteiger partial charge in [0, 0.05) is 6.42 Å². The quantitative estimate of drug-likeness (QED) is 0.0284. The van der Waals surface area contributed by atoms with E-state index in [-0.39, 0.29) is 12.3 Å². The van der Waals surface area contributed by atoms with Gasteiger partial charge in [-0.2, -0.15) is 0 Å². The molecule has 17 atom stereocenters. The lowest BCUT2D eigenvalue weighted by Gasteiger charge is -2.48. The van der Waals surface area contributed by atoms with Crippen molar-refractivity contribution < 1.29 is 89.4 Å². The third-order valence-electron chi connectivity index (χ3n) is 14.1. The number of amides is 1. The van der Waals surface area contributed by atoms with E-state index in [4.69, 9.17) is 28.4 Å². The van der Waals surface area contributed by atoms with E-state index in [1.54, 1.807) is 6.08 Å². The number of hydrogen-bond acceptors (Lipinski definition) is 18. The van der Waals surface area contributed by atoms with Crippen LogP contribution in [0.3, 0.4) is 0 Å². The predicted octanol–water partition coefficient (Wildman–Crippen LogP) is 4.98. The van der Waals surface area contributed by atoms with Crippen LogP contribution in [0.2, 0.25) is 0 Å². The van der Waals surface area contributed by atoms with Gasteiger partial charge in [-0.25, -0.2) is 0 Å². The first kappa shape index (κ1) is 71.0. The molecule has 3 saturated heterocycles. The maximum Gasteiger partial charge on any atom is 0.220 e. The zero-order valence-corrected chi connectivity index (χ0v) is 47.5. The molecule has 3 rings (SSSR count). The molecule has 0 spiro atoms. The largest absolute Gasteiger partial charge is 0.394 e. The molecule has 0 saturated carbocycles. The maximum atomic E-state index is 13.3. The number of aliphatic hydroxyl groups excluding tert-OH is 11. The van der Waals surface area contributed by atoms with Gasteiger partial charge in [0.1, 0.15) is 73.2 Å². The molecule has 3 aliphatic rings. The highest BCUT2D eigenvalue weighted by molar-refractivity contribution is 5.76. The summed E-state index contributed by atoms with van der Waals surface area (Å²) in [5, 5.41) is 120. The van der Waals surface area contributed by atoms with Crippen molar-refractivity contribution in [3.05, 3.63) is 97.2 Å². The number of nitrogens with one attached hydrogen (secondary N) is 1. The Hall–Kier alpha value is -3.29. The van der Waals surface area contributed by atoms with Crippen LogP contribution in [0, 0.1) is 0 Å². The van der Waals surface area contributed by atoms with Crippen LogP contribution in [0.1, 0.15) is 149 Å². The molecule has 19 nitrogen and oxygen atoms in total. The Morgan fingerprint density at radius 1 is 0.463 bits per heavy atom. The van der Waals surface area contributed by atoms with Gasteiger partial charge in [0.25, 0.3) is 0 Å². The molecule has 3 aliphatic heterocycles. The Kier molecular flexibility index (Phi) is 38.5. The number of aliphatic hydroxyl groups is 11. The monoisotopic (exact) mass is 1140 g/mol. The molecule has 12 N–H and O–H groups in total. The molecule has 0 aromatic heterocycles. The second kappa shape index (κ2) is 43.4. The lowest BCUT2D eigenvalue weighted by atomic mass is 9.96. The number of rotatable bonds is 41. The molecule has 1 amide bonds. The first-order chi connectivity index (χ1) is 38.8. The Bertz CT molecular complexity index is 1840. The van der Waals surface area contributed by atoms with E-state index in [9.17, 15) is 61.0 Å². The summed E-state index contributed by atoms with van der Waals surface area (Å²) in [5.74, 6) is -0.327. The molecule has 0 aliphatic carbocycles. The van der Waals surface area contributed by atoms with Crippen LogP contribution < -0.4 is 5.32 Å². The number of carbonyl (C=O) groups is 1. The van der Waals surface area contributed by atoms with Gasteiger partial charge in [-0.3, -0.25) is 4.79 Å². The fraction of sp³-hybridized carbons (Fsp3) is 0.721. The summed E-state index contributed by atoms with van der Waals surface area (Å²) in [6, 6.07) is -1.02. The molecule has 0 aromatic carbocycles. The Labute approximate surface area is 475 Å². The lowest BCUT2D eigenvalue weighted by molar-refractivity contribution is -0.379. The van der Waals surface area contributed by atoms with Crippen LogP contribution in [-0.2, 0) is 33.2 Å². The highest BCUT2D eigenvalue weighted by atomic mass is 16.8. The molecular weight excluding hydrogens is 1030 g/mol. The average Bonchev–Trinajstić information content (AvgIpc) is 3.50. The van der Waals surface area contributed by atoms with Crippen LogP contribution in [-0.4, -0.2) is 193 Å². The van der Waals surface area contributed by atoms with Gasteiger partial charge in [-0.1, -0.05) is 150 Å². The summed E-state index contributed by atoms with van der Waals surface area (Å²) in [6.45, 7) is 1.51. The van der Waals surface area contributed by atoms with Crippen molar-refractivity contribution >= 4 is 5.91 Å². The summed E-state index contributed by atoms with van der Waals surface area (Å²) < 4.78 is 34.2. The van der Waals surface area contributed by atoms with Crippen molar-refractivity contribution in [3.63, 3.8) is 0 Å². The first-order valence-electron chi connectivity index (χ1n) is 29.5. The van der Waals surface area contributed by atoms with Gasteiger partial charge in [0.2, 0.25) is 5.91 Å². The van der Waals surface area contributed by atoms with Crippen LogP contribution >= 0.6 is 0 Å². The first-order valence-corrected chi connectivity index (χ1v) is 29.5. The minimum atomic E-state index is -1.99. The summed E-state index contributed by atoms with van der Waals surface area (Å²) in [6.07, 6.45) is 26.7. The smallest absolute Gasteiger partial charge is 0.220 e. The maximum absolute atomic E-state index is 13.3. The summed E-state index contributed by atoms with van der Waals surface area (Å²) >= 11 is 0. The minimum Gasteiger partial charge on any atom is -0.394 e. The van der Waals surface area contributed by atoms with E-state index in [1.165, 1.54) is 38.5 Å². The number of ether oxygens (including phenoxy) is 6.